The van der Waals surface area contributed by atoms with E-state index in [0.29, 0.717) is 12.2 Å². The van der Waals surface area contributed by atoms with Crippen LogP contribution in [0.15, 0.2) is 11.8 Å². The molecule has 2 aliphatic carbocycles. The topological polar surface area (TPSA) is 58.6 Å². The molecule has 1 heterocycles. The Morgan fingerprint density at radius 2 is 2.12 bits per heavy atom. The Hall–Kier alpha value is -1.36. The molecule has 5 heteroatoms. The van der Waals surface area contributed by atoms with Crippen LogP contribution in [0.2, 0.25) is 0 Å². The molecular weight excluding hydrogens is 304 g/mol. The van der Waals surface area contributed by atoms with Gasteiger partial charge in [-0.1, -0.05) is 0 Å². The maximum atomic E-state index is 12.4. The van der Waals surface area contributed by atoms with Crippen LogP contribution in [0, 0.1) is 5.92 Å². The van der Waals surface area contributed by atoms with E-state index in [1.165, 1.54) is 0 Å². The van der Waals surface area contributed by atoms with Crippen molar-refractivity contribution in [1.82, 2.24) is 10.4 Å². The summed E-state index contributed by atoms with van der Waals surface area (Å²) in [4.78, 5) is 32.0. The van der Waals surface area contributed by atoms with Gasteiger partial charge in [0.2, 0.25) is 5.91 Å². The number of rotatable bonds is 4. The first-order valence-corrected chi connectivity index (χ1v) is 9.19. The van der Waals surface area contributed by atoms with Gasteiger partial charge < -0.3 is 4.90 Å². The van der Waals surface area contributed by atoms with Gasteiger partial charge in [0.25, 0.3) is 0 Å². The number of hydroxylamine groups is 1. The largest absolute Gasteiger partial charge is 0.335 e. The van der Waals surface area contributed by atoms with Crippen LogP contribution in [0.4, 0.5) is 0 Å². The predicted molar refractivity (Wildman–Crippen MR) is 91.9 cm³/mol. The number of nitrogens with zero attached hydrogens (tertiary/aromatic N) is 1. The summed E-state index contributed by atoms with van der Waals surface area (Å²) >= 11 is 0. The van der Waals surface area contributed by atoms with E-state index in [4.69, 9.17) is 4.84 Å². The second-order valence-electron chi connectivity index (χ2n) is 8.63. The lowest BCUT2D eigenvalue weighted by Crippen LogP contribution is -2.53. The van der Waals surface area contributed by atoms with Crippen molar-refractivity contribution in [2.75, 3.05) is 0 Å². The first-order chi connectivity index (χ1) is 11.2. The smallest absolute Gasteiger partial charge is 0.220 e. The summed E-state index contributed by atoms with van der Waals surface area (Å²) in [5.41, 5.74) is 3.90. The van der Waals surface area contributed by atoms with Crippen LogP contribution in [0.25, 0.3) is 0 Å². The quantitative estimate of drug-likeness (QED) is 0.858. The summed E-state index contributed by atoms with van der Waals surface area (Å²) in [5.74, 6) is 0.501. The number of nitrogens with one attached hydrogen (secondary N) is 1. The van der Waals surface area contributed by atoms with Gasteiger partial charge in [-0.15, -0.1) is 0 Å². The number of Topliss-reactive ketones (excluding diaryl/α,β-unsaturated/α-hetero) is 1. The fourth-order valence-corrected chi connectivity index (χ4v) is 4.25. The molecule has 2 fully saturated rings. The van der Waals surface area contributed by atoms with E-state index < -0.39 is 0 Å². The van der Waals surface area contributed by atoms with Crippen LogP contribution in [0.5, 0.6) is 0 Å². The highest BCUT2D eigenvalue weighted by molar-refractivity contribution is 5.82. The van der Waals surface area contributed by atoms with Gasteiger partial charge in [-0.3, -0.25) is 19.9 Å². The molecule has 1 aliphatic heterocycles. The molecule has 2 saturated carbocycles. The molecule has 2 unspecified atom stereocenters. The Labute approximate surface area is 144 Å². The zero-order valence-corrected chi connectivity index (χ0v) is 15.4. The monoisotopic (exact) mass is 334 g/mol. The predicted octanol–water partition coefficient (Wildman–Crippen LogP) is 3.10. The number of carbonyl (C=O) groups is 2. The Morgan fingerprint density at radius 1 is 1.42 bits per heavy atom. The number of ketones is 1. The summed E-state index contributed by atoms with van der Waals surface area (Å²) in [6, 6.07) is 0.168. The second kappa shape index (κ2) is 6.17. The first-order valence-electron chi connectivity index (χ1n) is 9.19. The van der Waals surface area contributed by atoms with E-state index in [-0.39, 0.29) is 29.0 Å². The van der Waals surface area contributed by atoms with E-state index in [0.717, 1.165) is 44.2 Å². The molecule has 0 aromatic rings. The molecule has 134 valence electrons. The second-order valence-corrected chi connectivity index (χ2v) is 8.63. The summed E-state index contributed by atoms with van der Waals surface area (Å²) < 4.78 is 0. The van der Waals surface area contributed by atoms with Crippen LogP contribution < -0.4 is 5.48 Å². The molecule has 0 aromatic carbocycles. The lowest BCUT2D eigenvalue weighted by Gasteiger charge is -2.44. The van der Waals surface area contributed by atoms with E-state index in [1.54, 1.807) is 6.92 Å². The molecule has 1 spiro atoms. The van der Waals surface area contributed by atoms with Crippen LogP contribution in [0.3, 0.4) is 0 Å². The minimum absolute atomic E-state index is 0.0356. The fourth-order valence-electron chi connectivity index (χ4n) is 4.25. The van der Waals surface area contributed by atoms with Gasteiger partial charge in [-0.05, 0) is 65.4 Å². The molecule has 3 rings (SSSR count). The molecule has 0 radical (unpaired) electrons. The van der Waals surface area contributed by atoms with Crippen molar-refractivity contribution >= 4 is 11.7 Å². The van der Waals surface area contributed by atoms with Crippen molar-refractivity contribution in [3.63, 3.8) is 0 Å². The third kappa shape index (κ3) is 3.66. The molecule has 2 atom stereocenters. The first kappa shape index (κ1) is 17.5. The van der Waals surface area contributed by atoms with Gasteiger partial charge in [0.05, 0.1) is 0 Å². The highest BCUT2D eigenvalue weighted by Crippen LogP contribution is 2.44. The summed E-state index contributed by atoms with van der Waals surface area (Å²) in [6.07, 6.45) is 8.22. The number of hydrogen-bond acceptors (Lipinski definition) is 4. The van der Waals surface area contributed by atoms with Crippen molar-refractivity contribution < 1.29 is 14.4 Å². The molecule has 24 heavy (non-hydrogen) atoms. The van der Waals surface area contributed by atoms with Gasteiger partial charge >= 0.3 is 0 Å². The third-order valence-electron chi connectivity index (χ3n) is 5.49. The number of amides is 1. The van der Waals surface area contributed by atoms with Crippen LogP contribution >= 0.6 is 0 Å². The summed E-state index contributed by atoms with van der Waals surface area (Å²) in [6.45, 7) is 7.84. The van der Waals surface area contributed by atoms with E-state index in [9.17, 15) is 9.59 Å². The number of carbonyl (C=O) groups excluding carboxylic acids is 2. The highest BCUT2D eigenvalue weighted by Gasteiger charge is 2.46. The van der Waals surface area contributed by atoms with E-state index in [2.05, 4.69) is 32.3 Å². The molecule has 0 saturated heterocycles. The Kier molecular flexibility index (Phi) is 4.49. The SMILES string of the molecule is CC(=O)N(C1CCC(=O)C(CCC2=CC3(CC3)ON2)C1)C(C)(C)C. The van der Waals surface area contributed by atoms with Gasteiger partial charge in [0.15, 0.2) is 0 Å². The number of hydrogen-bond donors (Lipinski definition) is 1. The minimum Gasteiger partial charge on any atom is -0.335 e. The average Bonchev–Trinajstić information content (AvgIpc) is 3.09. The van der Waals surface area contributed by atoms with E-state index in [1.807, 2.05) is 4.90 Å². The minimum atomic E-state index is -0.205. The Bertz CT molecular complexity index is 557. The standard InChI is InChI=1S/C19H30N2O3/c1-13(22)21(18(2,3)4)16-7-8-17(23)14(11-16)5-6-15-12-19(9-10-19)24-20-15/h12,14,16,20H,5-11H2,1-4H3. The van der Waals surface area contributed by atoms with Crippen molar-refractivity contribution in [3.05, 3.63) is 11.8 Å². The molecular formula is C19H30N2O3. The highest BCUT2D eigenvalue weighted by atomic mass is 16.7. The van der Waals surface area contributed by atoms with Crippen molar-refractivity contribution in [1.29, 1.82) is 0 Å². The maximum Gasteiger partial charge on any atom is 0.220 e. The molecule has 3 aliphatic rings. The normalized spacial score (nSPS) is 28.5. The van der Waals surface area contributed by atoms with Crippen molar-refractivity contribution in [2.45, 2.75) is 89.8 Å². The molecule has 1 amide bonds. The zero-order chi connectivity index (χ0) is 17.5. The molecule has 5 nitrogen and oxygen atoms in total. The maximum absolute atomic E-state index is 12.4. The average molecular weight is 334 g/mol. The van der Waals surface area contributed by atoms with Crippen LogP contribution in [-0.2, 0) is 14.4 Å². The number of allylic oxidation sites excluding steroid dienone is 1. The molecule has 0 aromatic heterocycles. The third-order valence-corrected chi connectivity index (χ3v) is 5.49. The van der Waals surface area contributed by atoms with Gasteiger partial charge in [0.1, 0.15) is 11.4 Å². The summed E-state index contributed by atoms with van der Waals surface area (Å²) in [5, 5.41) is 0. The van der Waals surface area contributed by atoms with E-state index >= 15 is 0 Å². The lowest BCUT2D eigenvalue weighted by atomic mass is 9.80. The lowest BCUT2D eigenvalue weighted by molar-refractivity contribution is -0.141. The van der Waals surface area contributed by atoms with Crippen LogP contribution in [-0.4, -0.2) is 33.8 Å². The molecule has 0 bridgehead atoms. The fraction of sp³-hybridized carbons (Fsp3) is 0.789. The Morgan fingerprint density at radius 3 is 2.67 bits per heavy atom. The Balaban J connectivity index is 1.61. The zero-order valence-electron chi connectivity index (χ0n) is 15.4. The van der Waals surface area contributed by atoms with Crippen molar-refractivity contribution in [2.24, 2.45) is 5.92 Å². The summed E-state index contributed by atoms with van der Waals surface area (Å²) in [7, 11) is 0. The van der Waals surface area contributed by atoms with Crippen molar-refractivity contribution in [3.8, 4) is 0 Å². The molecule has 1 N–H and O–H groups in total. The van der Waals surface area contributed by atoms with Gasteiger partial charge in [0, 0.05) is 36.5 Å². The van der Waals surface area contributed by atoms with Gasteiger partial charge in [-0.2, -0.15) is 0 Å². The van der Waals surface area contributed by atoms with Crippen LogP contribution in [0.1, 0.15) is 72.6 Å². The van der Waals surface area contributed by atoms with Gasteiger partial charge in [-0.25, -0.2) is 0 Å².